The normalized spacial score (nSPS) is 10.5. The van der Waals surface area contributed by atoms with Gasteiger partial charge in [0.15, 0.2) is 0 Å². The molecule has 0 aromatic heterocycles. The molecule has 99 heavy (non-hydrogen) atoms. The van der Waals surface area contributed by atoms with Gasteiger partial charge in [0.05, 0.1) is 38.7 Å². The number of rotatable bonds is 15. The van der Waals surface area contributed by atoms with Crippen LogP contribution in [-0.4, -0.2) is 146 Å². The summed E-state index contributed by atoms with van der Waals surface area (Å²) in [5.41, 5.74) is 4.45. The molecule has 8 aromatic rings. The molecule has 0 heterocycles. The summed E-state index contributed by atoms with van der Waals surface area (Å²) in [6.45, 7) is 5.16. The highest BCUT2D eigenvalue weighted by Crippen LogP contribution is 2.37. The third kappa shape index (κ3) is 31.6. The van der Waals surface area contributed by atoms with Gasteiger partial charge in [0.1, 0.15) is 44.3 Å². The molecule has 0 aliphatic carbocycles. The van der Waals surface area contributed by atoms with Crippen LogP contribution < -0.4 is 18.9 Å². The molecule has 3 N–H and O–H groups in total. The van der Waals surface area contributed by atoms with E-state index < -0.39 is 128 Å². The molecule has 35 nitrogen and oxygen atoms in total. The molecule has 534 valence electrons. The molecule has 0 saturated carbocycles. The molecule has 0 amide bonds. The molecule has 8 aromatic carbocycles. The molecule has 8 rings (SSSR count). The molecule has 0 aliphatic heterocycles. The van der Waals surface area contributed by atoms with Gasteiger partial charge in [0.2, 0.25) is 19.7 Å². The van der Waals surface area contributed by atoms with Crippen LogP contribution in [0.15, 0.2) is 204 Å². The Kier molecular flexibility index (Phi) is 35.0. The maximum Gasteiger partial charge on any atom is 0.425 e. The van der Waals surface area contributed by atoms with Gasteiger partial charge in [-0.25, -0.2) is 16.8 Å². The van der Waals surface area contributed by atoms with Crippen molar-refractivity contribution in [3.8, 4) is 56.8 Å². The van der Waals surface area contributed by atoms with Crippen LogP contribution in [0, 0.1) is 20.8 Å². The molecule has 0 fully saturated rings. The van der Waals surface area contributed by atoms with Crippen LogP contribution in [0.2, 0.25) is 0 Å². The molecular weight excluding hydrogens is 1550 g/mol. The lowest BCUT2D eigenvalue weighted by Crippen LogP contribution is -2.06. The van der Waals surface area contributed by atoms with Crippen LogP contribution in [0.1, 0.15) is 16.7 Å². The Morgan fingerprint density at radius 2 is 0.505 bits per heavy atom. The largest absolute Gasteiger partial charge is 0.497 e. The van der Waals surface area contributed by atoms with Crippen molar-refractivity contribution in [2.45, 2.75) is 55.0 Å². The molecule has 0 bridgehead atoms. The molecule has 46 heteroatoms. The maximum atomic E-state index is 13.1. The molecule has 0 atom stereocenters. The van der Waals surface area contributed by atoms with E-state index in [4.69, 9.17) is 94.7 Å². The summed E-state index contributed by atoms with van der Waals surface area (Å²) >= 11 is 0. The second-order valence-corrected chi connectivity index (χ2v) is 28.3. The van der Waals surface area contributed by atoms with Gasteiger partial charge in [0.25, 0.3) is 30.4 Å². The number of benzene rings is 8. The summed E-state index contributed by atoms with van der Waals surface area (Å²) in [6.07, 6.45) is 0. The number of hydrogen-bond acceptors (Lipinski definition) is 32. The average Bonchev–Trinajstić information content (AvgIpc) is 0.799. The van der Waals surface area contributed by atoms with Crippen molar-refractivity contribution in [1.82, 2.24) is 0 Å². The monoisotopic (exact) mass is 1590 g/mol. The molecule has 0 aliphatic rings. The molecule has 0 spiro atoms. The topological polar surface area (TPSA) is 576 Å². The van der Waals surface area contributed by atoms with Crippen LogP contribution in [0.4, 0.5) is 0 Å². The van der Waals surface area contributed by atoms with Gasteiger partial charge in [-0.15, -0.1) is 75.8 Å². The van der Waals surface area contributed by atoms with E-state index in [1.165, 1.54) is 99.0 Å². The number of aryl methyl sites for hydroxylation is 3. The Hall–Kier alpha value is -9.69. The van der Waals surface area contributed by atoms with Crippen molar-refractivity contribution in [3.05, 3.63) is 187 Å². The highest BCUT2D eigenvalue weighted by atomic mass is 32.2. The van der Waals surface area contributed by atoms with Crippen molar-refractivity contribution in [2.24, 2.45) is 0 Å². The summed E-state index contributed by atoms with van der Waals surface area (Å²) in [5.74, 6) is 1.24. The zero-order valence-electron chi connectivity index (χ0n) is 50.1. The van der Waals surface area contributed by atoms with Crippen molar-refractivity contribution in [2.75, 3.05) is 14.2 Å². The number of hydrogen-bond donors (Lipinski definition) is 3. The second kappa shape index (κ2) is 39.6. The minimum absolute atomic E-state index is 0.0681. The first-order valence-electron chi connectivity index (χ1n) is 24.9. The van der Waals surface area contributed by atoms with Gasteiger partial charge in [-0.1, -0.05) is 48.5 Å². The summed E-state index contributed by atoms with van der Waals surface area (Å²) in [7, 11) is -37.5. The first-order chi connectivity index (χ1) is 45.6. The Balaban J connectivity index is 0.000000747. The predicted molar refractivity (Wildman–Crippen MR) is 336 cm³/mol. The summed E-state index contributed by atoms with van der Waals surface area (Å²) in [4.78, 5) is -1.74. The quantitative estimate of drug-likeness (QED) is 0.118. The van der Waals surface area contributed by atoms with Crippen molar-refractivity contribution in [1.29, 1.82) is 0 Å². The third-order valence-corrected chi connectivity index (χ3v) is 17.8. The fraction of sp³-hybridized carbons (Fsp3) is 0.0943. The van der Waals surface area contributed by atoms with Crippen LogP contribution >= 0.6 is 0 Å². The van der Waals surface area contributed by atoms with Gasteiger partial charge in [-0.2, -0.15) is 25.3 Å². The summed E-state index contributed by atoms with van der Waals surface area (Å²) in [5, 5.41) is 0. The van der Waals surface area contributed by atoms with E-state index in [0.717, 1.165) is 17.2 Å². The van der Waals surface area contributed by atoms with E-state index in [1.54, 1.807) is 86.0 Å². The van der Waals surface area contributed by atoms with Gasteiger partial charge < -0.3 is 18.9 Å². The van der Waals surface area contributed by atoms with Crippen molar-refractivity contribution < 1.29 is 150 Å². The number of sulfone groups is 2. The van der Waals surface area contributed by atoms with Gasteiger partial charge in [-0.3, -0.25) is 13.7 Å². The number of methoxy groups -OCH3 is 2. The maximum absolute atomic E-state index is 13.1. The molecule has 0 radical (unpaired) electrons. The highest BCUT2D eigenvalue weighted by molar-refractivity contribution is 7.92. The Morgan fingerprint density at radius 3 is 0.768 bits per heavy atom. The van der Waals surface area contributed by atoms with Crippen LogP contribution in [-0.2, 0) is 114 Å². The van der Waals surface area contributed by atoms with E-state index >= 15 is 0 Å². The highest BCUT2D eigenvalue weighted by Gasteiger charge is 2.25. The van der Waals surface area contributed by atoms with Gasteiger partial charge in [0, 0.05) is 0 Å². The van der Waals surface area contributed by atoms with E-state index in [0.29, 0.717) is 33.8 Å². The van der Waals surface area contributed by atoms with E-state index in [2.05, 4.69) is 0 Å². The van der Waals surface area contributed by atoms with Gasteiger partial charge >= 0.3 is 63.7 Å². The lowest BCUT2D eigenvalue weighted by atomic mass is 10.1. The Morgan fingerprint density at radius 1 is 0.263 bits per heavy atom. The fourth-order valence-electron chi connectivity index (χ4n) is 7.32. The minimum atomic E-state index is -4.70. The fourth-order valence-corrected chi connectivity index (χ4v) is 12.1. The smallest absolute Gasteiger partial charge is 0.425 e. The molecular formula is C53H46O35S11. The zero-order valence-corrected chi connectivity index (χ0v) is 59.0. The van der Waals surface area contributed by atoms with Crippen LogP contribution in [0.3, 0.4) is 0 Å². The molecule has 0 saturated heterocycles. The second-order valence-electron chi connectivity index (χ2n) is 17.8. The predicted octanol–water partition coefficient (Wildman–Crippen LogP) is 4.62. The first kappa shape index (κ1) is 87.3. The van der Waals surface area contributed by atoms with E-state index in [1.807, 2.05) is 13.8 Å². The van der Waals surface area contributed by atoms with E-state index in [-0.39, 0.29) is 48.1 Å². The Labute approximate surface area is 572 Å². The van der Waals surface area contributed by atoms with E-state index in [9.17, 15) is 55.7 Å². The minimum Gasteiger partial charge on any atom is -0.497 e. The lowest BCUT2D eigenvalue weighted by molar-refractivity contribution is 0.415. The van der Waals surface area contributed by atoms with Crippen molar-refractivity contribution in [3.63, 3.8) is 0 Å². The van der Waals surface area contributed by atoms with Crippen LogP contribution in [0.5, 0.6) is 34.5 Å². The lowest BCUT2D eigenvalue weighted by Gasteiger charge is -2.13. The SMILES string of the molecule is COc1ccc(-c2ccc(Oc3ccc(S(=O)(=O)c4ccc(C)c(C)c4)cc3)c(S(=O)(=O)O)c2)cc1.COc1ccc(-c2ccc(Oc3ccc(S(=O)(=O)c4ccc(C)c(S(=O)(=O)O)c4)cc3)c(S(=O)(=O)O)c2)cc1.O=S(=O)=O.O=S(=O)=O.O=S(=O)=O.O=S(=O)=O.O=S(=O)=O.O=S(=O)=O. The summed E-state index contributed by atoms with van der Waals surface area (Å²) < 4.78 is 326. The van der Waals surface area contributed by atoms with Gasteiger partial charge in [-0.05, 0) is 181 Å². The third-order valence-electron chi connectivity index (χ3n) is 11.6. The zero-order chi connectivity index (χ0) is 76.1. The first-order valence-corrected chi connectivity index (χ1v) is 38.2. The molecule has 0 unspecified atom stereocenters. The average molecular weight is 1600 g/mol. The standard InChI is InChI=1S/C27H24O7S2.C26H22O10S3.6O3S/c1-18-4-12-25(16-19(18)2)35(28,29)24-13-10-23(11-14-24)34-26-15-7-21(17-27(26)36(30,31)32)20-5-8-22(33-3)9-6-20;1-17-3-11-23(16-25(17)38(29,30)31)37(27,28)22-12-9-21(10-13-22)36-24-14-6-19(15-26(24)39(32,33)34)18-4-7-20(35-2)8-5-18;6*1-4(2)3/h4-17H,1-3H3,(H,30,31,32);3-16H,1-2H3,(H,29,30,31)(H,32,33,34);;;;;;. The van der Waals surface area contributed by atoms with Crippen LogP contribution in [0.25, 0.3) is 22.3 Å². The number of ether oxygens (including phenoxy) is 4. The summed E-state index contributed by atoms with van der Waals surface area (Å²) in [6, 6.07) is 41.3. The van der Waals surface area contributed by atoms with Crippen molar-refractivity contribution >= 4 is 114 Å². The Bertz CT molecular complexity index is 5300.